The van der Waals surface area contributed by atoms with Gasteiger partial charge in [-0.05, 0) is 93.8 Å². The Morgan fingerprint density at radius 3 is 2.49 bits per heavy atom. The van der Waals surface area contributed by atoms with Crippen molar-refractivity contribution >= 4 is 35.0 Å². The third-order valence-corrected chi connectivity index (χ3v) is 8.45. The van der Waals surface area contributed by atoms with Crippen LogP contribution in [0.15, 0.2) is 81.7 Å². The lowest BCUT2D eigenvalue weighted by Gasteiger charge is -2.25. The maximum atomic E-state index is 14.2. The highest BCUT2D eigenvalue weighted by molar-refractivity contribution is 7.07. The molecule has 1 atom stereocenters. The van der Waals surface area contributed by atoms with E-state index in [2.05, 4.69) is 4.99 Å². The first kappa shape index (κ1) is 33.8. The van der Waals surface area contributed by atoms with Crippen LogP contribution >= 0.6 is 22.9 Å². The van der Waals surface area contributed by atoms with Gasteiger partial charge in [-0.3, -0.25) is 9.36 Å². The second-order valence-corrected chi connectivity index (χ2v) is 12.4. The van der Waals surface area contributed by atoms with Crippen LogP contribution in [-0.2, 0) is 16.1 Å². The van der Waals surface area contributed by atoms with Gasteiger partial charge in [0.1, 0.15) is 6.61 Å². The third-order valence-electron chi connectivity index (χ3n) is 7.23. The molecule has 0 spiro atoms. The number of ether oxygens (including phenoxy) is 5. The summed E-state index contributed by atoms with van der Waals surface area (Å²) in [5, 5.41) is 0.635. The molecule has 0 saturated carbocycles. The molecule has 5 rings (SSSR count). The first-order chi connectivity index (χ1) is 22.6. The maximum absolute atomic E-state index is 14.2. The van der Waals surface area contributed by atoms with Crippen LogP contribution in [0.4, 0.5) is 0 Å². The molecular weight excluding hydrogens is 640 g/mol. The molecule has 11 heteroatoms. The highest BCUT2D eigenvalue weighted by Crippen LogP contribution is 2.37. The van der Waals surface area contributed by atoms with Gasteiger partial charge in [-0.1, -0.05) is 47.2 Å². The summed E-state index contributed by atoms with van der Waals surface area (Å²) in [7, 11) is 1.55. The summed E-state index contributed by atoms with van der Waals surface area (Å²) >= 11 is 7.37. The van der Waals surface area contributed by atoms with E-state index in [9.17, 15) is 9.59 Å². The summed E-state index contributed by atoms with van der Waals surface area (Å²) in [6.45, 7) is 10.2. The fourth-order valence-electron chi connectivity index (χ4n) is 5.25. The fourth-order valence-corrected chi connectivity index (χ4v) is 6.51. The smallest absolute Gasteiger partial charge is 0.338 e. The number of halogens is 1. The van der Waals surface area contributed by atoms with Crippen molar-refractivity contribution in [2.75, 3.05) is 20.3 Å². The summed E-state index contributed by atoms with van der Waals surface area (Å²) in [6.07, 6.45) is 1.71. The number of allylic oxidation sites excluding steroid dienone is 1. The Hall–Kier alpha value is -4.54. The molecule has 0 aliphatic carbocycles. The van der Waals surface area contributed by atoms with Crippen LogP contribution in [0.25, 0.3) is 6.08 Å². The van der Waals surface area contributed by atoms with E-state index in [4.69, 9.17) is 35.3 Å². The zero-order chi connectivity index (χ0) is 33.7. The van der Waals surface area contributed by atoms with Gasteiger partial charge in [0.2, 0.25) is 0 Å². The van der Waals surface area contributed by atoms with E-state index in [1.807, 2.05) is 69.3 Å². The van der Waals surface area contributed by atoms with Gasteiger partial charge >= 0.3 is 5.97 Å². The van der Waals surface area contributed by atoms with Crippen LogP contribution in [0.1, 0.15) is 57.4 Å². The molecule has 0 saturated heterocycles. The van der Waals surface area contributed by atoms with Crippen molar-refractivity contribution in [3.63, 3.8) is 0 Å². The van der Waals surface area contributed by atoms with Gasteiger partial charge in [-0.25, -0.2) is 9.79 Å². The summed E-state index contributed by atoms with van der Waals surface area (Å²) in [5.74, 6) is 1.62. The molecule has 0 fully saturated rings. The predicted molar refractivity (Wildman–Crippen MR) is 183 cm³/mol. The molecule has 9 nitrogen and oxygen atoms in total. The Morgan fingerprint density at radius 1 is 1.00 bits per heavy atom. The lowest BCUT2D eigenvalue weighted by Crippen LogP contribution is -2.40. The summed E-state index contributed by atoms with van der Waals surface area (Å²) in [6, 6.07) is 17.6. The number of nitrogens with zero attached hydrogens (tertiary/aromatic N) is 2. The standard InChI is InChI=1S/C36H37ClN2O7S/c1-7-43-30-17-23(12-14-27(30)45-20-24-10-9-11-26(37)16-24)18-31-34(40)39-33(25-13-15-28(46-21(3)4)29(19-25)42-6)32(35(41)44-8-2)22(5)38-36(39)47-31/h9-19,21,33H,7-8,20H2,1-6H3/b31-18+/t33-/m1/s1. The monoisotopic (exact) mass is 676 g/mol. The normalized spacial score (nSPS) is 14.5. The van der Waals surface area contributed by atoms with E-state index < -0.39 is 12.0 Å². The van der Waals surface area contributed by atoms with Gasteiger partial charge in [0.15, 0.2) is 27.8 Å². The van der Waals surface area contributed by atoms with Crippen molar-refractivity contribution in [2.24, 2.45) is 4.99 Å². The second-order valence-electron chi connectivity index (χ2n) is 10.9. The number of carbonyl (C=O) groups is 1. The molecule has 1 aromatic heterocycles. The van der Waals surface area contributed by atoms with Crippen LogP contribution in [0.3, 0.4) is 0 Å². The Morgan fingerprint density at radius 2 is 1.79 bits per heavy atom. The van der Waals surface area contributed by atoms with Crippen LogP contribution in [0.2, 0.25) is 5.02 Å². The van der Waals surface area contributed by atoms with E-state index in [1.165, 1.54) is 11.3 Å². The average molecular weight is 677 g/mol. The van der Waals surface area contributed by atoms with Crippen molar-refractivity contribution in [1.82, 2.24) is 4.57 Å². The van der Waals surface area contributed by atoms with Crippen molar-refractivity contribution in [2.45, 2.75) is 53.4 Å². The number of benzene rings is 3. The number of esters is 1. The molecule has 0 amide bonds. The molecule has 0 unspecified atom stereocenters. The molecule has 47 heavy (non-hydrogen) atoms. The van der Waals surface area contributed by atoms with E-state index in [0.29, 0.717) is 61.8 Å². The summed E-state index contributed by atoms with van der Waals surface area (Å²) < 4.78 is 30.9. The summed E-state index contributed by atoms with van der Waals surface area (Å²) in [5.41, 5.74) is 2.78. The Balaban J connectivity index is 1.58. The predicted octanol–water partition coefficient (Wildman–Crippen LogP) is 6.23. The van der Waals surface area contributed by atoms with Crippen LogP contribution in [-0.4, -0.2) is 37.0 Å². The Bertz CT molecular complexity index is 2000. The Labute approximate surface area is 282 Å². The molecule has 4 aromatic rings. The number of rotatable bonds is 12. The van der Waals surface area contributed by atoms with Crippen molar-refractivity contribution in [3.8, 4) is 23.0 Å². The van der Waals surface area contributed by atoms with Crippen molar-refractivity contribution in [1.29, 1.82) is 0 Å². The number of aromatic nitrogens is 1. The fraction of sp³-hybridized carbons (Fsp3) is 0.306. The van der Waals surface area contributed by atoms with Gasteiger partial charge in [-0.2, -0.15) is 0 Å². The number of methoxy groups -OCH3 is 1. The highest BCUT2D eigenvalue weighted by atomic mass is 35.5. The molecule has 0 N–H and O–H groups in total. The highest BCUT2D eigenvalue weighted by Gasteiger charge is 2.34. The zero-order valence-corrected chi connectivity index (χ0v) is 28.7. The van der Waals surface area contributed by atoms with Gasteiger partial charge in [0, 0.05) is 5.02 Å². The van der Waals surface area contributed by atoms with Gasteiger partial charge in [0.05, 0.1) is 48.3 Å². The Kier molecular flexibility index (Phi) is 10.7. The quantitative estimate of drug-likeness (QED) is 0.164. The number of hydrogen-bond donors (Lipinski definition) is 0. The molecule has 2 heterocycles. The van der Waals surface area contributed by atoms with Gasteiger partial charge in [-0.15, -0.1) is 0 Å². The molecule has 3 aromatic carbocycles. The van der Waals surface area contributed by atoms with Gasteiger partial charge < -0.3 is 23.7 Å². The van der Waals surface area contributed by atoms with Crippen molar-refractivity contribution in [3.05, 3.63) is 113 Å². The molecule has 1 aliphatic heterocycles. The van der Waals surface area contributed by atoms with Crippen LogP contribution in [0, 0.1) is 0 Å². The number of carbonyl (C=O) groups excluding carboxylic acids is 1. The largest absolute Gasteiger partial charge is 0.493 e. The molecule has 1 aliphatic rings. The minimum Gasteiger partial charge on any atom is -0.493 e. The maximum Gasteiger partial charge on any atom is 0.338 e. The first-order valence-corrected chi connectivity index (χ1v) is 16.5. The molecule has 0 bridgehead atoms. The zero-order valence-electron chi connectivity index (χ0n) is 27.2. The topological polar surface area (TPSA) is 97.6 Å². The molecular formula is C36H37ClN2O7S. The summed E-state index contributed by atoms with van der Waals surface area (Å²) in [4.78, 5) is 32.6. The first-order valence-electron chi connectivity index (χ1n) is 15.3. The van der Waals surface area contributed by atoms with Gasteiger partial charge in [0.25, 0.3) is 5.56 Å². The number of thiazole rings is 1. The molecule has 246 valence electrons. The van der Waals surface area contributed by atoms with Crippen LogP contribution < -0.4 is 33.8 Å². The van der Waals surface area contributed by atoms with E-state index in [0.717, 1.165) is 11.1 Å². The third kappa shape index (κ3) is 7.55. The van der Waals surface area contributed by atoms with E-state index in [-0.39, 0.29) is 23.8 Å². The number of hydrogen-bond acceptors (Lipinski definition) is 9. The van der Waals surface area contributed by atoms with E-state index >= 15 is 0 Å². The lowest BCUT2D eigenvalue weighted by molar-refractivity contribution is -0.139. The minimum absolute atomic E-state index is 0.0727. The SMILES string of the molecule is CCOC(=O)C1=C(C)N=c2s/c(=C/c3ccc(OCc4cccc(Cl)c4)c(OCC)c3)c(=O)n2[C@@H]1c1ccc(OC(C)C)c(OC)c1. The minimum atomic E-state index is -0.796. The van der Waals surface area contributed by atoms with Crippen molar-refractivity contribution < 1.29 is 28.5 Å². The lowest BCUT2D eigenvalue weighted by atomic mass is 9.95. The number of fused-ring (bicyclic) bond motifs is 1. The van der Waals surface area contributed by atoms with Crippen LogP contribution in [0.5, 0.6) is 23.0 Å². The second kappa shape index (κ2) is 14.9. The average Bonchev–Trinajstić information content (AvgIpc) is 3.33. The molecule has 0 radical (unpaired) electrons. The van der Waals surface area contributed by atoms with E-state index in [1.54, 1.807) is 43.7 Å².